The number of hydrogen-bond donors (Lipinski definition) is 2. The van der Waals surface area contributed by atoms with Gasteiger partial charge in [0.05, 0.1) is 17.7 Å². The van der Waals surface area contributed by atoms with E-state index in [2.05, 4.69) is 0 Å². The van der Waals surface area contributed by atoms with Crippen LogP contribution >= 0.6 is 23.2 Å². The fourth-order valence-corrected chi connectivity index (χ4v) is 4.10. The molecule has 2 fully saturated rings. The van der Waals surface area contributed by atoms with Crippen molar-refractivity contribution in [3.63, 3.8) is 0 Å². The summed E-state index contributed by atoms with van der Waals surface area (Å²) in [6.07, 6.45) is 0.0158. The molecule has 1 aliphatic carbocycles. The smallest absolute Gasteiger partial charge is 0.312 e. The minimum atomic E-state index is -1.44. The van der Waals surface area contributed by atoms with Gasteiger partial charge in [0.25, 0.3) is 5.91 Å². The lowest BCUT2D eigenvalue weighted by molar-refractivity contribution is -0.151. The van der Waals surface area contributed by atoms with Crippen molar-refractivity contribution < 1.29 is 29.3 Å². The van der Waals surface area contributed by atoms with Crippen LogP contribution in [0.15, 0.2) is 12.1 Å². The highest BCUT2D eigenvalue weighted by molar-refractivity contribution is 6.36. The van der Waals surface area contributed by atoms with Gasteiger partial charge in [-0.05, 0) is 18.6 Å². The maximum atomic E-state index is 12.8. The van der Waals surface area contributed by atoms with Gasteiger partial charge >= 0.3 is 11.9 Å². The first-order valence-electron chi connectivity index (χ1n) is 6.97. The number of halogens is 2. The number of ether oxygens (including phenoxy) is 1. The van der Waals surface area contributed by atoms with Crippen molar-refractivity contribution in [1.82, 2.24) is 4.90 Å². The Morgan fingerprint density at radius 1 is 1.12 bits per heavy atom. The van der Waals surface area contributed by atoms with E-state index in [0.29, 0.717) is 0 Å². The summed E-state index contributed by atoms with van der Waals surface area (Å²) in [5, 5.41) is 19.2. The zero-order valence-corrected chi connectivity index (χ0v) is 14.0. The molecular formula is C15H13Cl2NO6. The van der Waals surface area contributed by atoms with E-state index in [0.717, 1.165) is 0 Å². The molecule has 0 bridgehead atoms. The molecule has 2 N–H and O–H groups in total. The van der Waals surface area contributed by atoms with Crippen LogP contribution in [0.3, 0.4) is 0 Å². The third-order valence-electron chi connectivity index (χ3n) is 4.87. The van der Waals surface area contributed by atoms with E-state index in [4.69, 9.17) is 27.9 Å². The summed E-state index contributed by atoms with van der Waals surface area (Å²) in [7, 11) is 1.34. The van der Waals surface area contributed by atoms with Crippen molar-refractivity contribution in [3.05, 3.63) is 27.7 Å². The van der Waals surface area contributed by atoms with Crippen LogP contribution in [0, 0.1) is 10.8 Å². The highest BCUT2D eigenvalue weighted by Crippen LogP contribution is 2.68. The molecule has 2 atom stereocenters. The second kappa shape index (κ2) is 5.26. The lowest BCUT2D eigenvalue weighted by atomic mass is 9.97. The van der Waals surface area contributed by atoms with Gasteiger partial charge in [0.15, 0.2) is 0 Å². The Morgan fingerprint density at radius 3 is 2.12 bits per heavy atom. The number of likely N-dealkylation sites (tertiary alicyclic amines) is 1. The Kier molecular flexibility index (Phi) is 3.69. The summed E-state index contributed by atoms with van der Waals surface area (Å²) in [5.74, 6) is -2.88. The van der Waals surface area contributed by atoms with Crippen molar-refractivity contribution >= 4 is 41.0 Å². The van der Waals surface area contributed by atoms with Crippen LogP contribution in [0.2, 0.25) is 10.0 Å². The average molecular weight is 374 g/mol. The van der Waals surface area contributed by atoms with Crippen molar-refractivity contribution in [3.8, 4) is 5.75 Å². The van der Waals surface area contributed by atoms with Gasteiger partial charge in [-0.15, -0.1) is 0 Å². The molecule has 2 aliphatic rings. The molecule has 1 aromatic rings. The number of amides is 1. The lowest BCUT2D eigenvalue weighted by Gasteiger charge is -2.21. The normalized spacial score (nSPS) is 27.5. The van der Waals surface area contributed by atoms with E-state index < -0.39 is 28.7 Å². The van der Waals surface area contributed by atoms with Gasteiger partial charge in [-0.3, -0.25) is 14.4 Å². The number of aliphatic carboxylic acids is 2. The number of methoxy groups -OCH3 is 1. The highest BCUT2D eigenvalue weighted by atomic mass is 35.5. The molecule has 24 heavy (non-hydrogen) atoms. The van der Waals surface area contributed by atoms with E-state index in [1.165, 1.54) is 24.1 Å². The molecule has 0 unspecified atom stereocenters. The first-order valence-corrected chi connectivity index (χ1v) is 7.73. The van der Waals surface area contributed by atoms with Gasteiger partial charge in [-0.25, -0.2) is 0 Å². The standard InChI is InChI=1S/C15H13Cl2NO6/c1-24-10-8(2-7(16)3-9(10)17)11(19)18-5-14(12(20)21)4-15(14,6-18)13(22)23/h2-3H,4-6H2,1H3,(H,20,21)(H,22,23)/t14-,15+. The maximum Gasteiger partial charge on any atom is 0.312 e. The fourth-order valence-electron chi connectivity index (χ4n) is 3.53. The molecule has 9 heteroatoms. The fraction of sp³-hybridized carbons (Fsp3) is 0.400. The number of carbonyl (C=O) groups excluding carboxylic acids is 1. The Morgan fingerprint density at radius 2 is 1.67 bits per heavy atom. The molecule has 7 nitrogen and oxygen atoms in total. The van der Waals surface area contributed by atoms with Crippen LogP contribution in [0.5, 0.6) is 5.75 Å². The summed E-state index contributed by atoms with van der Waals surface area (Å²) in [5.41, 5.74) is -2.81. The number of nitrogens with zero attached hydrogens (tertiary/aromatic N) is 1. The molecule has 1 aromatic carbocycles. The Labute approximate surface area is 146 Å². The topological polar surface area (TPSA) is 104 Å². The monoisotopic (exact) mass is 373 g/mol. The molecule has 3 rings (SSSR count). The molecule has 1 saturated carbocycles. The van der Waals surface area contributed by atoms with E-state index in [9.17, 15) is 24.6 Å². The lowest BCUT2D eigenvalue weighted by Crippen LogP contribution is -2.34. The highest BCUT2D eigenvalue weighted by Gasteiger charge is 2.81. The molecule has 128 valence electrons. The number of carbonyl (C=O) groups is 3. The van der Waals surface area contributed by atoms with Gasteiger partial charge in [0.2, 0.25) is 0 Å². The Bertz CT molecular complexity index is 753. The van der Waals surface area contributed by atoms with Gasteiger partial charge in [0.1, 0.15) is 16.6 Å². The largest absolute Gasteiger partial charge is 0.494 e. The second-order valence-corrected chi connectivity index (χ2v) is 6.92. The average Bonchev–Trinajstić information content (AvgIpc) is 3.04. The summed E-state index contributed by atoms with van der Waals surface area (Å²) in [4.78, 5) is 37.1. The zero-order valence-electron chi connectivity index (χ0n) is 12.5. The number of benzene rings is 1. The zero-order chi connectivity index (χ0) is 17.9. The Balaban J connectivity index is 1.97. The number of hydrogen-bond acceptors (Lipinski definition) is 4. The third-order valence-corrected chi connectivity index (χ3v) is 5.36. The van der Waals surface area contributed by atoms with Gasteiger partial charge in [-0.2, -0.15) is 0 Å². The molecular weight excluding hydrogens is 361 g/mol. The molecule has 0 radical (unpaired) electrons. The number of fused-ring (bicyclic) bond motifs is 1. The van der Waals surface area contributed by atoms with Crippen LogP contribution in [-0.2, 0) is 9.59 Å². The van der Waals surface area contributed by atoms with E-state index in [1.54, 1.807) is 0 Å². The summed E-state index contributed by atoms with van der Waals surface area (Å²) >= 11 is 11.9. The summed E-state index contributed by atoms with van der Waals surface area (Å²) in [6, 6.07) is 2.77. The molecule has 1 aliphatic heterocycles. The molecule has 1 amide bonds. The van der Waals surface area contributed by atoms with Gasteiger partial charge in [0, 0.05) is 18.1 Å². The van der Waals surface area contributed by atoms with E-state index in [1.807, 2.05) is 0 Å². The minimum Gasteiger partial charge on any atom is -0.494 e. The first kappa shape index (κ1) is 16.9. The van der Waals surface area contributed by atoms with Crippen LogP contribution in [0.1, 0.15) is 16.8 Å². The van der Waals surface area contributed by atoms with Crippen LogP contribution < -0.4 is 4.74 Å². The van der Waals surface area contributed by atoms with Gasteiger partial charge in [-0.1, -0.05) is 23.2 Å². The Hall–Kier alpha value is -1.99. The predicted octanol–water partition coefficient (Wildman–Crippen LogP) is 2.00. The van der Waals surface area contributed by atoms with Crippen LogP contribution in [0.4, 0.5) is 0 Å². The third kappa shape index (κ3) is 2.08. The second-order valence-electron chi connectivity index (χ2n) is 6.08. The van der Waals surface area contributed by atoms with Crippen LogP contribution in [-0.4, -0.2) is 53.2 Å². The van der Waals surface area contributed by atoms with Crippen molar-refractivity contribution in [2.45, 2.75) is 6.42 Å². The number of carboxylic acid groups (broad SMARTS) is 2. The van der Waals surface area contributed by atoms with Crippen LogP contribution in [0.25, 0.3) is 0 Å². The van der Waals surface area contributed by atoms with Crippen molar-refractivity contribution in [2.24, 2.45) is 10.8 Å². The number of piperidine rings is 1. The molecule has 0 spiro atoms. The van der Waals surface area contributed by atoms with Gasteiger partial charge < -0.3 is 19.8 Å². The van der Waals surface area contributed by atoms with Crippen molar-refractivity contribution in [1.29, 1.82) is 0 Å². The SMILES string of the molecule is COc1c(Cl)cc(Cl)cc1C(=O)N1C[C@@]2(C(=O)O)C[C@@]2(C(=O)O)C1. The molecule has 1 saturated heterocycles. The quantitative estimate of drug-likeness (QED) is 0.836. The first-order chi connectivity index (χ1) is 11.2. The number of rotatable bonds is 4. The van der Waals surface area contributed by atoms with Crippen molar-refractivity contribution in [2.75, 3.05) is 20.2 Å². The van der Waals surface area contributed by atoms with E-state index in [-0.39, 0.29) is 40.9 Å². The summed E-state index contributed by atoms with van der Waals surface area (Å²) in [6.45, 7) is -0.360. The number of carboxylic acids is 2. The summed E-state index contributed by atoms with van der Waals surface area (Å²) < 4.78 is 5.12. The minimum absolute atomic E-state index is 0.0158. The van der Waals surface area contributed by atoms with E-state index >= 15 is 0 Å². The molecule has 1 heterocycles. The molecule has 0 aromatic heterocycles. The predicted molar refractivity (Wildman–Crippen MR) is 83.7 cm³/mol. The maximum absolute atomic E-state index is 12.8.